The molecule has 98 valence electrons. The van der Waals surface area contributed by atoms with Crippen LogP contribution in [0.2, 0.25) is 0 Å². The van der Waals surface area contributed by atoms with Gasteiger partial charge in [0.25, 0.3) is 0 Å². The summed E-state index contributed by atoms with van der Waals surface area (Å²) in [5.41, 5.74) is 5.85. The molecule has 0 aliphatic rings. The summed E-state index contributed by atoms with van der Waals surface area (Å²) in [4.78, 5) is 0. The molecule has 16 heavy (non-hydrogen) atoms. The molecule has 1 atom stereocenters. The number of rotatable bonds is 11. The van der Waals surface area contributed by atoms with Gasteiger partial charge >= 0.3 is 0 Å². The first-order valence-electron chi connectivity index (χ1n) is 6.64. The van der Waals surface area contributed by atoms with Crippen molar-refractivity contribution in [2.75, 3.05) is 20.3 Å². The maximum Gasteiger partial charge on any atom is 0.0568 e. The van der Waals surface area contributed by atoms with Crippen LogP contribution in [0, 0.1) is 5.92 Å². The van der Waals surface area contributed by atoms with Gasteiger partial charge < -0.3 is 15.8 Å². The van der Waals surface area contributed by atoms with Gasteiger partial charge in [0.2, 0.25) is 0 Å². The zero-order chi connectivity index (χ0) is 12.2. The van der Waals surface area contributed by atoms with Gasteiger partial charge in [-0.05, 0) is 25.3 Å². The van der Waals surface area contributed by atoms with Gasteiger partial charge in [-0.1, -0.05) is 39.5 Å². The molecule has 1 unspecified atom stereocenters. The molecule has 3 heteroatoms. The van der Waals surface area contributed by atoms with Crippen molar-refractivity contribution in [2.45, 2.75) is 58.5 Å². The van der Waals surface area contributed by atoms with E-state index in [9.17, 15) is 0 Å². The Morgan fingerprint density at radius 3 is 2.38 bits per heavy atom. The van der Waals surface area contributed by atoms with Crippen LogP contribution in [0.25, 0.3) is 0 Å². The minimum Gasteiger partial charge on any atom is -0.385 e. The summed E-state index contributed by atoms with van der Waals surface area (Å²) >= 11 is 0. The highest BCUT2D eigenvalue weighted by molar-refractivity contribution is 4.58. The molecule has 0 aliphatic carbocycles. The molecule has 0 radical (unpaired) electrons. The van der Waals surface area contributed by atoms with Crippen molar-refractivity contribution in [3.8, 4) is 0 Å². The molecule has 0 aromatic carbocycles. The Morgan fingerprint density at radius 2 is 1.75 bits per heavy atom. The first-order valence-corrected chi connectivity index (χ1v) is 6.64. The summed E-state index contributed by atoms with van der Waals surface area (Å²) < 4.78 is 4.97. The summed E-state index contributed by atoms with van der Waals surface area (Å²) in [6.07, 6.45) is 7.62. The Bertz CT molecular complexity index is 140. The highest BCUT2D eigenvalue weighted by atomic mass is 16.5. The van der Waals surface area contributed by atoms with Crippen LogP contribution in [-0.4, -0.2) is 26.4 Å². The second-order valence-corrected chi connectivity index (χ2v) is 4.94. The molecule has 0 bridgehead atoms. The first kappa shape index (κ1) is 15.9. The molecule has 0 fully saturated rings. The number of ether oxygens (including phenoxy) is 1. The largest absolute Gasteiger partial charge is 0.385 e. The van der Waals surface area contributed by atoms with Gasteiger partial charge in [0.1, 0.15) is 0 Å². The maximum absolute atomic E-state index is 5.85. The van der Waals surface area contributed by atoms with Gasteiger partial charge in [-0.2, -0.15) is 0 Å². The van der Waals surface area contributed by atoms with Crippen molar-refractivity contribution in [2.24, 2.45) is 11.7 Å². The van der Waals surface area contributed by atoms with E-state index >= 15 is 0 Å². The van der Waals surface area contributed by atoms with Crippen LogP contribution in [0.4, 0.5) is 0 Å². The summed E-state index contributed by atoms with van der Waals surface area (Å²) in [5.74, 6) is 0.848. The second kappa shape index (κ2) is 11.4. The Balaban J connectivity index is 3.08. The topological polar surface area (TPSA) is 47.3 Å². The predicted octanol–water partition coefficient (Wildman–Crippen LogP) is 2.50. The normalized spacial score (nSPS) is 13.3. The summed E-state index contributed by atoms with van der Waals surface area (Å²) in [6, 6.07) is 0. The molecule has 0 aromatic heterocycles. The first-order chi connectivity index (χ1) is 7.66. The van der Waals surface area contributed by atoms with Crippen LogP contribution in [0.5, 0.6) is 0 Å². The van der Waals surface area contributed by atoms with Crippen molar-refractivity contribution in [3.63, 3.8) is 0 Å². The lowest BCUT2D eigenvalue weighted by atomic mass is 10.0. The maximum atomic E-state index is 5.85. The van der Waals surface area contributed by atoms with Gasteiger partial charge in [0, 0.05) is 13.7 Å². The lowest BCUT2D eigenvalue weighted by Gasteiger charge is -2.13. The van der Waals surface area contributed by atoms with E-state index in [2.05, 4.69) is 19.2 Å². The molecule has 0 spiro atoms. The summed E-state index contributed by atoms with van der Waals surface area (Å²) in [6.45, 7) is 6.35. The van der Waals surface area contributed by atoms with Crippen molar-refractivity contribution in [3.05, 3.63) is 0 Å². The molecule has 3 nitrogen and oxygen atoms in total. The molecule has 0 amide bonds. The van der Waals surface area contributed by atoms with E-state index in [1.165, 1.54) is 32.1 Å². The van der Waals surface area contributed by atoms with Crippen LogP contribution >= 0.6 is 0 Å². The Morgan fingerprint density at radius 1 is 1.06 bits per heavy atom. The number of hydrogen-bond acceptors (Lipinski definition) is 3. The van der Waals surface area contributed by atoms with Crippen LogP contribution < -0.4 is 11.1 Å². The predicted molar refractivity (Wildman–Crippen MR) is 70.4 cm³/mol. The second-order valence-electron chi connectivity index (χ2n) is 4.94. The number of nitrogens with one attached hydrogen (secondary N) is 1. The Kier molecular flexibility index (Phi) is 11.3. The number of methoxy groups -OCH3 is 1. The average molecular weight is 230 g/mol. The standard InChI is InChI=1S/C13H30N2O/c1-12(2)8-6-4-5-7-10-15-13(14)9-11-16-3/h12-13,15H,4-11,14H2,1-3H3. The van der Waals surface area contributed by atoms with Crippen LogP contribution in [0.15, 0.2) is 0 Å². The van der Waals surface area contributed by atoms with Crippen molar-refractivity contribution in [1.29, 1.82) is 0 Å². The van der Waals surface area contributed by atoms with E-state index in [0.717, 1.165) is 25.5 Å². The average Bonchev–Trinajstić information content (AvgIpc) is 2.24. The van der Waals surface area contributed by atoms with Gasteiger partial charge in [-0.15, -0.1) is 0 Å². The highest BCUT2D eigenvalue weighted by Crippen LogP contribution is 2.08. The zero-order valence-corrected chi connectivity index (χ0v) is 11.3. The lowest BCUT2D eigenvalue weighted by Crippen LogP contribution is -2.38. The van der Waals surface area contributed by atoms with Crippen molar-refractivity contribution in [1.82, 2.24) is 5.32 Å². The SMILES string of the molecule is COCCC(N)NCCCCCCC(C)C. The smallest absolute Gasteiger partial charge is 0.0568 e. The molecule has 3 N–H and O–H groups in total. The fourth-order valence-electron chi connectivity index (χ4n) is 1.67. The number of hydrogen-bond donors (Lipinski definition) is 2. The van der Waals surface area contributed by atoms with Crippen molar-refractivity contribution < 1.29 is 4.74 Å². The van der Waals surface area contributed by atoms with E-state index < -0.39 is 0 Å². The van der Waals surface area contributed by atoms with E-state index in [4.69, 9.17) is 10.5 Å². The molecule has 0 rings (SSSR count). The molecule has 0 saturated carbocycles. The van der Waals surface area contributed by atoms with Crippen LogP contribution in [0.1, 0.15) is 52.4 Å². The fourth-order valence-corrected chi connectivity index (χ4v) is 1.67. The highest BCUT2D eigenvalue weighted by Gasteiger charge is 2.00. The van der Waals surface area contributed by atoms with Gasteiger partial charge in [0.15, 0.2) is 0 Å². The fraction of sp³-hybridized carbons (Fsp3) is 1.00. The number of unbranched alkanes of at least 4 members (excludes halogenated alkanes) is 3. The minimum absolute atomic E-state index is 0.0932. The molecule has 0 saturated heterocycles. The quantitative estimate of drug-likeness (QED) is 0.423. The van der Waals surface area contributed by atoms with Crippen LogP contribution in [0.3, 0.4) is 0 Å². The van der Waals surface area contributed by atoms with E-state index in [1.54, 1.807) is 7.11 Å². The zero-order valence-electron chi connectivity index (χ0n) is 11.3. The van der Waals surface area contributed by atoms with Gasteiger partial charge in [-0.3, -0.25) is 0 Å². The van der Waals surface area contributed by atoms with Gasteiger partial charge in [0.05, 0.1) is 6.17 Å². The van der Waals surface area contributed by atoms with Gasteiger partial charge in [-0.25, -0.2) is 0 Å². The summed E-state index contributed by atoms with van der Waals surface area (Å²) in [7, 11) is 1.71. The third-order valence-electron chi connectivity index (χ3n) is 2.75. The Labute approximate surface area is 101 Å². The number of nitrogens with two attached hydrogens (primary N) is 1. The summed E-state index contributed by atoms with van der Waals surface area (Å²) in [5, 5.41) is 3.31. The lowest BCUT2D eigenvalue weighted by molar-refractivity contribution is 0.183. The van der Waals surface area contributed by atoms with E-state index in [1.807, 2.05) is 0 Å². The molecule has 0 heterocycles. The molecule has 0 aromatic rings. The van der Waals surface area contributed by atoms with Crippen molar-refractivity contribution >= 4 is 0 Å². The molecular formula is C13H30N2O. The van der Waals surface area contributed by atoms with E-state index in [0.29, 0.717) is 0 Å². The molecular weight excluding hydrogens is 200 g/mol. The monoisotopic (exact) mass is 230 g/mol. The van der Waals surface area contributed by atoms with Crippen LogP contribution in [-0.2, 0) is 4.74 Å². The Hall–Kier alpha value is -0.120. The molecule has 0 aliphatic heterocycles. The minimum atomic E-state index is 0.0932. The van der Waals surface area contributed by atoms with E-state index in [-0.39, 0.29) is 6.17 Å². The third-order valence-corrected chi connectivity index (χ3v) is 2.75. The third kappa shape index (κ3) is 12.0.